The van der Waals surface area contributed by atoms with E-state index in [0.717, 1.165) is 25.7 Å². The third-order valence-corrected chi connectivity index (χ3v) is 4.32. The maximum Gasteiger partial charge on any atom is 0.169 e. The van der Waals surface area contributed by atoms with E-state index < -0.39 is 5.79 Å². The summed E-state index contributed by atoms with van der Waals surface area (Å²) in [6, 6.07) is 10.3. The van der Waals surface area contributed by atoms with Gasteiger partial charge in [0.1, 0.15) is 0 Å². The van der Waals surface area contributed by atoms with Gasteiger partial charge < -0.3 is 14.6 Å². The van der Waals surface area contributed by atoms with Gasteiger partial charge in [-0.25, -0.2) is 0 Å². The molecule has 1 heterocycles. The summed E-state index contributed by atoms with van der Waals surface area (Å²) in [7, 11) is 0. The minimum absolute atomic E-state index is 0.158. The zero-order chi connectivity index (χ0) is 12.5. The minimum atomic E-state index is -0.448. The lowest BCUT2D eigenvalue weighted by Gasteiger charge is -2.44. The second kappa shape index (κ2) is 4.65. The van der Waals surface area contributed by atoms with Crippen molar-refractivity contribution in [1.82, 2.24) is 0 Å². The van der Waals surface area contributed by atoms with Gasteiger partial charge in [-0.3, -0.25) is 0 Å². The Hall–Kier alpha value is -0.900. The van der Waals surface area contributed by atoms with Crippen molar-refractivity contribution >= 4 is 0 Å². The van der Waals surface area contributed by atoms with Crippen LogP contribution < -0.4 is 0 Å². The summed E-state index contributed by atoms with van der Waals surface area (Å²) in [6.07, 6.45) is 3.75. The predicted octanol–water partition coefficient (Wildman–Crippen LogP) is 2.23. The molecule has 1 saturated carbocycles. The normalized spacial score (nSPS) is 30.7. The Bertz CT molecular complexity index is 397. The lowest BCUT2D eigenvalue weighted by molar-refractivity contribution is -0.194. The summed E-state index contributed by atoms with van der Waals surface area (Å²) in [5.41, 5.74) is 0.995. The number of rotatable bonds is 2. The topological polar surface area (TPSA) is 38.7 Å². The summed E-state index contributed by atoms with van der Waals surface area (Å²) in [6.45, 7) is 1.51. The van der Waals surface area contributed by atoms with Crippen LogP contribution in [0.15, 0.2) is 30.3 Å². The first-order chi connectivity index (χ1) is 8.79. The van der Waals surface area contributed by atoms with E-state index in [9.17, 15) is 5.11 Å². The molecule has 1 aliphatic carbocycles. The third-order valence-electron chi connectivity index (χ3n) is 4.32. The van der Waals surface area contributed by atoms with Gasteiger partial charge in [0.2, 0.25) is 0 Å². The maximum atomic E-state index is 9.93. The van der Waals surface area contributed by atoms with Crippen LogP contribution in [0.25, 0.3) is 0 Å². The number of benzene rings is 1. The fourth-order valence-electron chi connectivity index (χ4n) is 3.40. The molecule has 0 radical (unpaired) electrons. The third kappa shape index (κ3) is 1.96. The number of aliphatic hydroxyl groups is 1. The van der Waals surface area contributed by atoms with Crippen molar-refractivity contribution in [2.75, 3.05) is 19.8 Å². The molecule has 1 aromatic carbocycles. The van der Waals surface area contributed by atoms with Crippen LogP contribution in [0, 0.1) is 0 Å². The summed E-state index contributed by atoms with van der Waals surface area (Å²) in [5.74, 6) is -0.448. The fourth-order valence-corrected chi connectivity index (χ4v) is 3.40. The first kappa shape index (κ1) is 12.2. The van der Waals surface area contributed by atoms with E-state index in [1.807, 2.05) is 18.2 Å². The van der Waals surface area contributed by atoms with Crippen molar-refractivity contribution in [3.63, 3.8) is 0 Å². The second-order valence-corrected chi connectivity index (χ2v) is 5.44. The fraction of sp³-hybridized carbons (Fsp3) is 0.600. The molecule has 3 nitrogen and oxygen atoms in total. The lowest BCUT2D eigenvalue weighted by Crippen LogP contribution is -2.46. The highest BCUT2D eigenvalue weighted by atomic mass is 16.7. The molecule has 3 heteroatoms. The Morgan fingerprint density at radius 2 is 1.78 bits per heavy atom. The summed E-state index contributed by atoms with van der Waals surface area (Å²) in [4.78, 5) is 0. The molecule has 1 N–H and O–H groups in total. The van der Waals surface area contributed by atoms with Crippen LogP contribution in [-0.4, -0.2) is 30.7 Å². The molecule has 98 valence electrons. The first-order valence-corrected chi connectivity index (χ1v) is 6.73. The standard InChI is InChI=1S/C15H20O3/c16-12-14(13-5-2-1-3-6-13)7-4-8-15(11-14)17-9-10-18-15/h1-3,5-6,16H,4,7-12H2/t14-/m1/s1. The number of hydrogen-bond acceptors (Lipinski definition) is 3. The van der Waals surface area contributed by atoms with E-state index >= 15 is 0 Å². The van der Waals surface area contributed by atoms with Gasteiger partial charge in [0.05, 0.1) is 19.8 Å². The Morgan fingerprint density at radius 1 is 1.06 bits per heavy atom. The van der Waals surface area contributed by atoms with Crippen molar-refractivity contribution in [3.8, 4) is 0 Å². The van der Waals surface area contributed by atoms with Crippen molar-refractivity contribution in [2.45, 2.75) is 36.9 Å². The molecule has 0 amide bonds. The van der Waals surface area contributed by atoms with Crippen LogP contribution in [0.4, 0.5) is 0 Å². The molecule has 1 spiro atoms. The zero-order valence-electron chi connectivity index (χ0n) is 10.6. The molecule has 0 bridgehead atoms. The van der Waals surface area contributed by atoms with Gasteiger partial charge >= 0.3 is 0 Å². The Balaban J connectivity index is 1.91. The summed E-state index contributed by atoms with van der Waals surface area (Å²) >= 11 is 0. The molecule has 1 aromatic rings. The average molecular weight is 248 g/mol. The molecule has 1 atom stereocenters. The molecule has 3 rings (SSSR count). The van der Waals surface area contributed by atoms with E-state index in [2.05, 4.69) is 12.1 Å². The average Bonchev–Trinajstić information content (AvgIpc) is 2.87. The number of hydrogen-bond donors (Lipinski definition) is 1. The Morgan fingerprint density at radius 3 is 2.44 bits per heavy atom. The van der Waals surface area contributed by atoms with E-state index in [1.54, 1.807) is 0 Å². The van der Waals surface area contributed by atoms with Crippen molar-refractivity contribution < 1.29 is 14.6 Å². The SMILES string of the molecule is OC[C@@]1(c2ccccc2)CCCC2(C1)OCCO2. The smallest absolute Gasteiger partial charge is 0.169 e. The van der Waals surface area contributed by atoms with Crippen LogP contribution in [0.3, 0.4) is 0 Å². The quantitative estimate of drug-likeness (QED) is 0.872. The van der Waals surface area contributed by atoms with Crippen LogP contribution in [0.1, 0.15) is 31.2 Å². The predicted molar refractivity (Wildman–Crippen MR) is 68.3 cm³/mol. The number of aliphatic hydroxyl groups excluding tert-OH is 1. The van der Waals surface area contributed by atoms with E-state index in [0.29, 0.717) is 13.2 Å². The second-order valence-electron chi connectivity index (χ2n) is 5.44. The molecular weight excluding hydrogens is 228 g/mol. The van der Waals surface area contributed by atoms with Gasteiger partial charge in [-0.05, 0) is 18.4 Å². The van der Waals surface area contributed by atoms with E-state index in [4.69, 9.17) is 9.47 Å². The highest BCUT2D eigenvalue weighted by Gasteiger charge is 2.48. The minimum Gasteiger partial charge on any atom is -0.395 e. The first-order valence-electron chi connectivity index (χ1n) is 6.73. The highest BCUT2D eigenvalue weighted by Crippen LogP contribution is 2.47. The van der Waals surface area contributed by atoms with Crippen molar-refractivity contribution in [1.29, 1.82) is 0 Å². The monoisotopic (exact) mass is 248 g/mol. The maximum absolute atomic E-state index is 9.93. The molecule has 1 aliphatic heterocycles. The van der Waals surface area contributed by atoms with E-state index in [1.165, 1.54) is 5.56 Å². The Labute approximate surface area is 108 Å². The van der Waals surface area contributed by atoms with Crippen molar-refractivity contribution in [3.05, 3.63) is 35.9 Å². The molecule has 18 heavy (non-hydrogen) atoms. The molecule has 2 fully saturated rings. The van der Waals surface area contributed by atoms with Gasteiger partial charge in [-0.15, -0.1) is 0 Å². The zero-order valence-corrected chi connectivity index (χ0v) is 10.6. The van der Waals surface area contributed by atoms with Gasteiger partial charge in [0.25, 0.3) is 0 Å². The molecule has 0 unspecified atom stereocenters. The van der Waals surface area contributed by atoms with Crippen LogP contribution in [-0.2, 0) is 14.9 Å². The lowest BCUT2D eigenvalue weighted by atomic mass is 9.67. The van der Waals surface area contributed by atoms with Crippen molar-refractivity contribution in [2.24, 2.45) is 0 Å². The molecular formula is C15H20O3. The molecule has 2 aliphatic rings. The summed E-state index contributed by atoms with van der Waals surface area (Å²) < 4.78 is 11.7. The number of ether oxygens (including phenoxy) is 2. The highest BCUT2D eigenvalue weighted by molar-refractivity contribution is 5.27. The largest absolute Gasteiger partial charge is 0.395 e. The van der Waals surface area contributed by atoms with Gasteiger partial charge in [0, 0.05) is 18.3 Å². The van der Waals surface area contributed by atoms with Crippen LogP contribution in [0.5, 0.6) is 0 Å². The summed E-state index contributed by atoms with van der Waals surface area (Å²) in [5, 5.41) is 9.93. The Kier molecular flexibility index (Phi) is 3.14. The molecule has 0 aromatic heterocycles. The molecule has 1 saturated heterocycles. The van der Waals surface area contributed by atoms with Gasteiger partial charge in [-0.2, -0.15) is 0 Å². The van der Waals surface area contributed by atoms with Crippen LogP contribution in [0.2, 0.25) is 0 Å². The van der Waals surface area contributed by atoms with Gasteiger partial charge in [-0.1, -0.05) is 30.3 Å². The van der Waals surface area contributed by atoms with Gasteiger partial charge in [0.15, 0.2) is 5.79 Å². The van der Waals surface area contributed by atoms with E-state index in [-0.39, 0.29) is 12.0 Å². The van der Waals surface area contributed by atoms with Crippen LogP contribution >= 0.6 is 0 Å².